The molecular weight excluding hydrogens is 216 g/mol. The summed E-state index contributed by atoms with van der Waals surface area (Å²) in [6.45, 7) is 2.46. The fourth-order valence-electron chi connectivity index (χ4n) is 0.965. The molecule has 1 aromatic rings. The van der Waals surface area contributed by atoms with Gasteiger partial charge < -0.3 is 4.74 Å². The second kappa shape index (κ2) is 4.51. The zero-order valence-corrected chi connectivity index (χ0v) is 8.97. The summed E-state index contributed by atoms with van der Waals surface area (Å²) in [6.07, 6.45) is 0. The summed E-state index contributed by atoms with van der Waals surface area (Å²) in [7, 11) is 1.15. The zero-order chi connectivity index (χ0) is 12.3. The molecule has 0 aliphatic heterocycles. The van der Waals surface area contributed by atoms with Crippen LogP contribution in [0.1, 0.15) is 29.3 Å². The van der Waals surface area contributed by atoms with Gasteiger partial charge in [-0.15, -0.1) is 5.10 Å². The predicted molar refractivity (Wildman–Crippen MR) is 52.0 cm³/mol. The van der Waals surface area contributed by atoms with Crippen molar-refractivity contribution in [1.29, 1.82) is 0 Å². The molecule has 1 heterocycles. The molecule has 1 aromatic heterocycles. The Hall–Kier alpha value is -2.25. The summed E-state index contributed by atoms with van der Waals surface area (Å²) in [6, 6.07) is 0. The molecule has 8 nitrogen and oxygen atoms in total. The van der Waals surface area contributed by atoms with Crippen molar-refractivity contribution in [3.63, 3.8) is 0 Å². The minimum absolute atomic E-state index is 0.122. The van der Waals surface area contributed by atoms with Gasteiger partial charge in [0.15, 0.2) is 0 Å². The van der Waals surface area contributed by atoms with Crippen LogP contribution in [0, 0.1) is 0 Å². The minimum Gasteiger partial charge on any atom is -0.463 e. The lowest BCUT2D eigenvalue weighted by Crippen LogP contribution is -2.17. The van der Waals surface area contributed by atoms with E-state index in [0.717, 1.165) is 11.8 Å². The van der Waals surface area contributed by atoms with Crippen molar-refractivity contribution in [1.82, 2.24) is 14.8 Å². The number of rotatable bonds is 2. The molecule has 0 spiro atoms. The molecule has 0 fully saturated rings. The Morgan fingerprint density at radius 2 is 1.94 bits per heavy atom. The minimum atomic E-state index is -0.806. The van der Waals surface area contributed by atoms with Crippen LogP contribution in [0.2, 0.25) is 0 Å². The lowest BCUT2D eigenvalue weighted by Gasteiger charge is -1.97. The first-order valence-corrected chi connectivity index (χ1v) is 4.29. The van der Waals surface area contributed by atoms with E-state index in [1.807, 2.05) is 0 Å². The van der Waals surface area contributed by atoms with Gasteiger partial charge >= 0.3 is 5.97 Å². The zero-order valence-electron chi connectivity index (χ0n) is 8.97. The van der Waals surface area contributed by atoms with Crippen molar-refractivity contribution >= 4 is 23.7 Å². The van der Waals surface area contributed by atoms with E-state index >= 15 is 0 Å². The number of hydrogen-bond donors (Lipinski definition) is 1. The van der Waals surface area contributed by atoms with E-state index in [4.69, 9.17) is 0 Å². The van der Waals surface area contributed by atoms with Gasteiger partial charge in [0.2, 0.25) is 23.6 Å². The number of carbonyl (C=O) groups is 3. The molecular formula is C8H10N4O4. The average molecular weight is 226 g/mol. The van der Waals surface area contributed by atoms with Crippen LogP contribution in [0.5, 0.6) is 0 Å². The predicted octanol–water partition coefficient (Wildman–Crippen LogP) is -0.317. The third-order valence-electron chi connectivity index (χ3n) is 1.56. The number of esters is 1. The smallest absolute Gasteiger partial charge is 0.376 e. The monoisotopic (exact) mass is 226 g/mol. The molecule has 86 valence electrons. The summed E-state index contributed by atoms with van der Waals surface area (Å²) in [5, 5.41) is 5.90. The summed E-state index contributed by atoms with van der Waals surface area (Å²) < 4.78 is 5.18. The van der Waals surface area contributed by atoms with Gasteiger partial charge in [-0.1, -0.05) is 0 Å². The van der Waals surface area contributed by atoms with E-state index in [2.05, 4.69) is 20.1 Å². The second-order valence-electron chi connectivity index (χ2n) is 2.86. The van der Waals surface area contributed by atoms with Crippen molar-refractivity contribution in [2.45, 2.75) is 13.8 Å². The Kier molecular flexibility index (Phi) is 3.33. The van der Waals surface area contributed by atoms with Crippen molar-refractivity contribution in [3.8, 4) is 0 Å². The Bertz CT molecular complexity index is 451. The number of aromatic nitrogens is 3. The van der Waals surface area contributed by atoms with Gasteiger partial charge in [-0.3, -0.25) is 14.9 Å². The Morgan fingerprint density at radius 3 is 2.38 bits per heavy atom. The van der Waals surface area contributed by atoms with Crippen molar-refractivity contribution in [2.75, 3.05) is 12.4 Å². The van der Waals surface area contributed by atoms with E-state index in [0.29, 0.717) is 0 Å². The van der Waals surface area contributed by atoms with Crippen LogP contribution < -0.4 is 5.32 Å². The average Bonchev–Trinajstić information content (AvgIpc) is 2.59. The van der Waals surface area contributed by atoms with Gasteiger partial charge in [-0.2, -0.15) is 9.67 Å². The molecule has 0 atom stereocenters. The highest BCUT2D eigenvalue weighted by molar-refractivity contribution is 5.92. The summed E-state index contributed by atoms with van der Waals surface area (Å²) in [5.41, 5.74) is 0. The second-order valence-corrected chi connectivity index (χ2v) is 2.86. The maximum absolute atomic E-state index is 11.2. The molecule has 16 heavy (non-hydrogen) atoms. The SMILES string of the molecule is COC(=O)c1nc(NC(C)=O)nn1C(C)=O. The van der Waals surface area contributed by atoms with E-state index in [1.54, 1.807) is 0 Å². The molecule has 0 aliphatic rings. The molecule has 0 bridgehead atoms. The van der Waals surface area contributed by atoms with E-state index in [-0.39, 0.29) is 11.8 Å². The maximum atomic E-state index is 11.2. The molecule has 0 unspecified atom stereocenters. The fourth-order valence-corrected chi connectivity index (χ4v) is 0.965. The molecule has 0 saturated carbocycles. The van der Waals surface area contributed by atoms with Gasteiger partial charge in [0.05, 0.1) is 7.11 Å². The van der Waals surface area contributed by atoms with Crippen molar-refractivity contribution < 1.29 is 19.1 Å². The van der Waals surface area contributed by atoms with Crippen LogP contribution in [-0.4, -0.2) is 39.7 Å². The summed E-state index contributed by atoms with van der Waals surface area (Å²) >= 11 is 0. The fraction of sp³-hybridized carbons (Fsp3) is 0.375. The van der Waals surface area contributed by atoms with Crippen LogP contribution in [0.15, 0.2) is 0 Å². The van der Waals surface area contributed by atoms with Crippen molar-refractivity contribution in [2.24, 2.45) is 0 Å². The van der Waals surface area contributed by atoms with Gasteiger partial charge in [-0.05, 0) is 0 Å². The molecule has 0 aliphatic carbocycles. The lowest BCUT2D eigenvalue weighted by molar-refractivity contribution is -0.114. The highest BCUT2D eigenvalue weighted by atomic mass is 16.5. The number of methoxy groups -OCH3 is 1. The van der Waals surface area contributed by atoms with E-state index in [9.17, 15) is 14.4 Å². The Labute approximate surface area is 90.6 Å². The van der Waals surface area contributed by atoms with Gasteiger partial charge in [0.1, 0.15) is 0 Å². The molecule has 8 heteroatoms. The number of amides is 1. The highest BCUT2D eigenvalue weighted by Gasteiger charge is 2.20. The van der Waals surface area contributed by atoms with Crippen LogP contribution in [0.25, 0.3) is 0 Å². The number of ether oxygens (including phenoxy) is 1. The van der Waals surface area contributed by atoms with E-state index in [1.165, 1.54) is 13.8 Å². The normalized spacial score (nSPS) is 9.69. The van der Waals surface area contributed by atoms with Gasteiger partial charge in [0, 0.05) is 13.8 Å². The Balaban J connectivity index is 3.14. The van der Waals surface area contributed by atoms with Crippen LogP contribution in [-0.2, 0) is 9.53 Å². The first-order chi connectivity index (χ1) is 7.45. The molecule has 1 rings (SSSR count). The topological polar surface area (TPSA) is 103 Å². The third kappa shape index (κ3) is 2.41. The molecule has 0 aromatic carbocycles. The van der Waals surface area contributed by atoms with Crippen LogP contribution in [0.3, 0.4) is 0 Å². The van der Waals surface area contributed by atoms with Crippen molar-refractivity contribution in [3.05, 3.63) is 5.82 Å². The number of carbonyl (C=O) groups excluding carboxylic acids is 3. The van der Waals surface area contributed by atoms with Gasteiger partial charge in [0.25, 0.3) is 0 Å². The first kappa shape index (κ1) is 11.8. The Morgan fingerprint density at radius 1 is 1.31 bits per heavy atom. The standard InChI is InChI=1S/C8H10N4O4/c1-4(13)9-8-10-6(7(15)16-3)12(11-8)5(2)14/h1-3H3,(H,9,11,13). The molecule has 1 N–H and O–H groups in total. The number of nitrogens with zero attached hydrogens (tertiary/aromatic N) is 3. The third-order valence-corrected chi connectivity index (χ3v) is 1.56. The number of nitrogens with one attached hydrogen (secondary N) is 1. The molecule has 0 saturated heterocycles. The quantitative estimate of drug-likeness (QED) is 0.693. The highest BCUT2D eigenvalue weighted by Crippen LogP contribution is 2.04. The summed E-state index contributed by atoms with van der Waals surface area (Å²) in [5.74, 6) is -2.12. The van der Waals surface area contributed by atoms with Crippen LogP contribution >= 0.6 is 0 Å². The van der Waals surface area contributed by atoms with Gasteiger partial charge in [-0.25, -0.2) is 4.79 Å². The number of anilines is 1. The van der Waals surface area contributed by atoms with Crippen LogP contribution in [0.4, 0.5) is 5.95 Å². The molecule has 1 amide bonds. The summed E-state index contributed by atoms with van der Waals surface area (Å²) in [4.78, 5) is 36.8. The largest absolute Gasteiger partial charge is 0.463 e. The maximum Gasteiger partial charge on any atom is 0.376 e. The lowest BCUT2D eigenvalue weighted by atomic mass is 10.6. The number of hydrogen-bond acceptors (Lipinski definition) is 6. The van der Waals surface area contributed by atoms with E-state index < -0.39 is 17.8 Å². The first-order valence-electron chi connectivity index (χ1n) is 4.29. The molecule has 0 radical (unpaired) electrons.